The number of thioether (sulfide) groups is 1. The average molecular weight is 795 g/mol. The normalized spacial score (nSPS) is 12.5. The van der Waals surface area contributed by atoms with Crippen LogP contribution in [0.1, 0.15) is 0 Å². The molecule has 0 fully saturated rings. The first-order chi connectivity index (χ1) is 23.1. The van der Waals surface area contributed by atoms with Crippen molar-refractivity contribution < 1.29 is 56.6 Å². The molecule has 0 heterocycles. The highest BCUT2D eigenvalue weighted by Crippen LogP contribution is 2.43. The molecule has 27 heteroatoms. The minimum absolute atomic E-state index is 0.148. The SMILES string of the molecule is CN(CCS(=O)(=O)c1ccc(N=Nc2cc(S(=O)(=O)O)c(N)c(N=Nc3ccc(SC#COOS(=O)(=O)O)cc3)c2N)c(S(=O)(=O)O)c1)N=O. The second-order valence-electron chi connectivity index (χ2n) is 9.21. The maximum atomic E-state index is 12.7. The van der Waals surface area contributed by atoms with Crippen LogP contribution < -0.4 is 11.5 Å². The van der Waals surface area contributed by atoms with Crippen molar-refractivity contribution in [1.82, 2.24) is 5.01 Å². The van der Waals surface area contributed by atoms with E-state index in [4.69, 9.17) is 16.0 Å². The van der Waals surface area contributed by atoms with E-state index in [1.165, 1.54) is 31.3 Å². The first kappa shape index (κ1) is 39.6. The molecule has 7 N–H and O–H groups in total. The molecule has 0 saturated carbocycles. The van der Waals surface area contributed by atoms with Gasteiger partial charge in [0.25, 0.3) is 20.2 Å². The third-order valence-corrected chi connectivity index (χ3v) is 10.1. The lowest BCUT2D eigenvalue weighted by Gasteiger charge is -2.11. The number of benzene rings is 3. The summed E-state index contributed by atoms with van der Waals surface area (Å²) in [5, 5.41) is 20.8. The third-order valence-electron chi connectivity index (χ3n) is 5.73. The minimum atomic E-state index is -5.14. The molecule has 0 aliphatic heterocycles. The van der Waals surface area contributed by atoms with Crippen LogP contribution in [0.4, 0.5) is 34.1 Å². The number of azo groups is 2. The molecule has 3 rings (SSSR count). The molecule has 0 radical (unpaired) electrons. The lowest BCUT2D eigenvalue weighted by molar-refractivity contribution is -0.135. The number of nitrogens with two attached hydrogens (primary N) is 2. The second kappa shape index (κ2) is 15.8. The van der Waals surface area contributed by atoms with Crippen molar-refractivity contribution in [1.29, 1.82) is 0 Å². The highest BCUT2D eigenvalue weighted by molar-refractivity contribution is 8.04. The smallest absolute Gasteiger partial charge is 0.396 e. The van der Waals surface area contributed by atoms with Gasteiger partial charge in [0.05, 0.1) is 39.5 Å². The van der Waals surface area contributed by atoms with Crippen molar-refractivity contribution in [3.63, 3.8) is 0 Å². The fraction of sp³-hybridized carbons (Fsp3) is 0.130. The van der Waals surface area contributed by atoms with Gasteiger partial charge in [-0.05, 0) is 64.6 Å². The summed E-state index contributed by atoms with van der Waals surface area (Å²) in [6.07, 6.45) is 1.85. The van der Waals surface area contributed by atoms with Gasteiger partial charge in [-0.2, -0.15) is 30.4 Å². The predicted octanol–water partition coefficient (Wildman–Crippen LogP) is 3.32. The Hall–Kier alpha value is -4.79. The number of sulfone groups is 1. The highest BCUT2D eigenvalue weighted by Gasteiger charge is 2.25. The number of rotatable bonds is 14. The zero-order valence-corrected chi connectivity index (χ0v) is 28.8. The van der Waals surface area contributed by atoms with Crippen LogP contribution in [-0.2, 0) is 49.7 Å². The van der Waals surface area contributed by atoms with Gasteiger partial charge in [-0.15, -0.1) is 20.2 Å². The van der Waals surface area contributed by atoms with Crippen molar-refractivity contribution in [3.8, 4) is 11.4 Å². The molecule has 3 aromatic carbocycles. The van der Waals surface area contributed by atoms with Crippen LogP contribution in [0, 0.1) is 16.3 Å². The minimum Gasteiger partial charge on any atom is -0.396 e. The quantitative estimate of drug-likeness (QED) is 0.0228. The van der Waals surface area contributed by atoms with Crippen molar-refractivity contribution in [2.75, 3.05) is 30.8 Å². The molecular formula is C23H22N8O14S5. The fourth-order valence-corrected chi connectivity index (χ4v) is 6.67. The topological polar surface area (TPSA) is 350 Å². The summed E-state index contributed by atoms with van der Waals surface area (Å²) >= 11 is 0.847. The Bertz CT molecular complexity index is 2360. The number of anilines is 2. The molecular weight excluding hydrogens is 773 g/mol. The van der Waals surface area contributed by atoms with Gasteiger partial charge >= 0.3 is 10.4 Å². The Morgan fingerprint density at radius 1 is 0.800 bits per heavy atom. The van der Waals surface area contributed by atoms with Gasteiger partial charge in [0.1, 0.15) is 26.9 Å². The number of hydrogen-bond donors (Lipinski definition) is 5. The average Bonchev–Trinajstić information content (AvgIpc) is 3.02. The zero-order chi connectivity index (χ0) is 37.5. The van der Waals surface area contributed by atoms with Gasteiger partial charge in [-0.25, -0.2) is 8.42 Å². The van der Waals surface area contributed by atoms with Crippen molar-refractivity contribution in [2.24, 2.45) is 25.7 Å². The van der Waals surface area contributed by atoms with Crippen molar-refractivity contribution >= 4 is 86.4 Å². The fourth-order valence-electron chi connectivity index (χ4n) is 3.41. The van der Waals surface area contributed by atoms with E-state index in [2.05, 4.69) is 40.2 Å². The van der Waals surface area contributed by atoms with Crippen LogP contribution in [-0.4, -0.2) is 71.7 Å². The summed E-state index contributed by atoms with van der Waals surface area (Å²) in [4.78, 5) is 12.5. The van der Waals surface area contributed by atoms with Crippen molar-refractivity contribution in [3.05, 3.63) is 53.4 Å². The lowest BCUT2D eigenvalue weighted by Crippen LogP contribution is -2.21. The van der Waals surface area contributed by atoms with Gasteiger partial charge in [-0.3, -0.25) is 23.6 Å². The summed E-state index contributed by atoms with van der Waals surface area (Å²) < 4.78 is 126. The van der Waals surface area contributed by atoms with E-state index in [-0.39, 0.29) is 12.2 Å². The van der Waals surface area contributed by atoms with Crippen LogP contribution in [0.25, 0.3) is 0 Å². The molecule has 22 nitrogen and oxygen atoms in total. The van der Waals surface area contributed by atoms with Crippen LogP contribution >= 0.6 is 11.8 Å². The molecule has 0 saturated heterocycles. The Morgan fingerprint density at radius 3 is 2.00 bits per heavy atom. The number of hydrogen-bond acceptors (Lipinski definition) is 19. The molecule has 0 spiro atoms. The molecule has 0 aliphatic rings. The second-order valence-corrected chi connectivity index (χ2v) is 16.0. The van der Waals surface area contributed by atoms with Gasteiger partial charge in [0.15, 0.2) is 15.9 Å². The largest absolute Gasteiger partial charge is 0.433 e. The van der Waals surface area contributed by atoms with Gasteiger partial charge < -0.3 is 11.5 Å². The van der Waals surface area contributed by atoms with Gasteiger partial charge in [-0.1, -0.05) is 0 Å². The zero-order valence-electron chi connectivity index (χ0n) is 24.7. The molecule has 3 aromatic rings. The summed E-state index contributed by atoms with van der Waals surface area (Å²) in [6, 6.07) is 8.83. The lowest BCUT2D eigenvalue weighted by atomic mass is 10.2. The van der Waals surface area contributed by atoms with E-state index < -0.39 is 89.3 Å². The molecule has 268 valence electrons. The van der Waals surface area contributed by atoms with E-state index in [1.54, 1.807) is 0 Å². The molecule has 0 unspecified atom stereocenters. The van der Waals surface area contributed by atoms with Gasteiger partial charge in [0, 0.05) is 17.2 Å². The van der Waals surface area contributed by atoms with Crippen LogP contribution in [0.3, 0.4) is 0 Å². The van der Waals surface area contributed by atoms with Gasteiger partial charge in [0.2, 0.25) is 0 Å². The van der Waals surface area contributed by atoms with E-state index in [9.17, 15) is 47.7 Å². The Labute approximate surface area is 287 Å². The monoisotopic (exact) mass is 794 g/mol. The summed E-state index contributed by atoms with van der Waals surface area (Å²) in [5.74, 6) is -0.649. The highest BCUT2D eigenvalue weighted by atomic mass is 32.3. The van der Waals surface area contributed by atoms with Crippen LogP contribution in [0.15, 0.2) is 93.9 Å². The molecule has 50 heavy (non-hydrogen) atoms. The molecule has 0 aromatic heterocycles. The maximum absolute atomic E-state index is 12.7. The molecule has 0 bridgehead atoms. The van der Waals surface area contributed by atoms with Crippen LogP contribution in [0.2, 0.25) is 0 Å². The predicted molar refractivity (Wildman–Crippen MR) is 174 cm³/mol. The standard InChI is InChI=1S/C23H22N8O14S5/c1-31(30-32)8-11-47(33,34)16-6-7-17(19(12-16)48(35,36)37)27-28-18-13-20(49(38,39)40)22(25)23(21(18)24)29-26-14-2-4-15(5-3-14)46-10-9-44-45-50(41,42)43/h2-7,12-13H,8,11,24-25H2,1H3,(H,35,36,37)(H,38,39,40)(H,41,42,43). The van der Waals surface area contributed by atoms with E-state index in [0.29, 0.717) is 17.0 Å². The number of nitrogen functional groups attached to an aromatic ring is 2. The summed E-state index contributed by atoms with van der Waals surface area (Å²) in [5.41, 5.74) is 9.35. The first-order valence-corrected chi connectivity index (χ1v) is 19.3. The third kappa shape index (κ3) is 11.1. The number of nitrogens with zero attached hydrogens (tertiary/aromatic N) is 6. The Balaban J connectivity index is 1.99. The summed E-state index contributed by atoms with van der Waals surface area (Å²) in [7, 11) is -18.0. The van der Waals surface area contributed by atoms with E-state index >= 15 is 0 Å². The van der Waals surface area contributed by atoms with E-state index in [0.717, 1.165) is 28.9 Å². The number of nitroso groups, excluding NO2 is 1. The van der Waals surface area contributed by atoms with E-state index in [1.807, 2.05) is 6.11 Å². The van der Waals surface area contributed by atoms with Crippen molar-refractivity contribution in [2.45, 2.75) is 19.6 Å². The first-order valence-electron chi connectivity index (χ1n) is 12.6. The Kier molecular flexibility index (Phi) is 12.6. The molecule has 0 amide bonds. The Morgan fingerprint density at radius 2 is 1.42 bits per heavy atom. The van der Waals surface area contributed by atoms with Crippen LogP contribution in [0.5, 0.6) is 0 Å². The molecule has 0 atom stereocenters. The summed E-state index contributed by atoms with van der Waals surface area (Å²) in [6.45, 7) is -0.337. The maximum Gasteiger partial charge on any atom is 0.433 e. The molecule has 0 aliphatic carbocycles.